The summed E-state index contributed by atoms with van der Waals surface area (Å²) in [4.78, 5) is 0. The predicted octanol–water partition coefficient (Wildman–Crippen LogP) is 4.67. The Kier molecular flexibility index (Phi) is 76.8. The molecule has 0 bridgehead atoms. The minimum atomic E-state index is 0. The second-order valence-electron chi connectivity index (χ2n) is 5.37. The fourth-order valence-electron chi connectivity index (χ4n) is 0. The van der Waals surface area contributed by atoms with Crippen molar-refractivity contribution in [3.05, 3.63) is 0 Å². The molecule has 0 atom stereocenters. The molecule has 0 saturated heterocycles. The summed E-state index contributed by atoms with van der Waals surface area (Å²) >= 11 is 3.92. The number of hydrogen-bond donors (Lipinski definition) is 0. The fourth-order valence-corrected chi connectivity index (χ4v) is 0. The van der Waals surface area contributed by atoms with Crippen LogP contribution in [0.3, 0.4) is 0 Å². The van der Waals surface area contributed by atoms with Crippen LogP contribution in [-0.2, 0) is 21.1 Å². The van der Waals surface area contributed by atoms with E-state index in [0.29, 0.717) is 31.7 Å². The van der Waals surface area contributed by atoms with Gasteiger partial charge in [0.2, 0.25) is 0 Å². The summed E-state index contributed by atoms with van der Waals surface area (Å²) in [5.41, 5.74) is 0. The van der Waals surface area contributed by atoms with Crippen LogP contribution in [0, 0.1) is 0 Å². The maximum atomic E-state index is 2.23. The summed E-state index contributed by atoms with van der Waals surface area (Å²) < 4.78 is 0. The van der Waals surface area contributed by atoms with Crippen molar-refractivity contribution in [2.24, 2.45) is 0 Å². The maximum Gasteiger partial charge on any atom is 0 e. The quantitative estimate of drug-likeness (QED) is 0.251. The van der Waals surface area contributed by atoms with Gasteiger partial charge in [-0.1, -0.05) is 0 Å². The molecular weight excluding hydrogens is 707 g/mol. The van der Waals surface area contributed by atoms with E-state index in [9.17, 15) is 0 Å². The van der Waals surface area contributed by atoms with Crippen molar-refractivity contribution < 1.29 is 21.1 Å². The summed E-state index contributed by atoms with van der Waals surface area (Å²) in [5, 5.41) is 0. The zero-order chi connectivity index (χ0) is 16.3. The predicted molar refractivity (Wildman–Crippen MR) is 110 cm³/mol. The molecule has 0 aromatic heterocycles. The summed E-state index contributed by atoms with van der Waals surface area (Å²) in [6.07, 6.45) is 0. The minimum Gasteiger partial charge on any atom is 0 e. The first-order valence-corrected chi connectivity index (χ1v) is 23.6. The molecule has 0 amide bonds. The van der Waals surface area contributed by atoms with Gasteiger partial charge < -0.3 is 0 Å². The van der Waals surface area contributed by atoms with E-state index >= 15 is 0 Å². The van der Waals surface area contributed by atoms with Crippen LogP contribution in [0.25, 0.3) is 0 Å². The van der Waals surface area contributed by atoms with Gasteiger partial charge in [0.05, 0.1) is 0 Å². The third-order valence-corrected chi connectivity index (χ3v) is 0. The third-order valence-electron chi connectivity index (χ3n) is 0. The summed E-state index contributed by atoms with van der Waals surface area (Å²) in [6.45, 7) is 26.8. The van der Waals surface area contributed by atoms with E-state index in [1.807, 2.05) is 36.9 Å². The topological polar surface area (TPSA) is 0 Å². The number of rotatable bonds is 0. The molecule has 0 aliphatic carbocycles. The van der Waals surface area contributed by atoms with Crippen molar-refractivity contribution in [3.63, 3.8) is 0 Å². The largest absolute Gasteiger partial charge is 0 e. The van der Waals surface area contributed by atoms with Crippen molar-refractivity contribution in [1.29, 1.82) is 0 Å². The Labute approximate surface area is 167 Å². The van der Waals surface area contributed by atoms with Crippen LogP contribution in [-0.4, -0.2) is 117 Å². The molecule has 0 fully saturated rings. The molecular formula is C12H36P4Te2W. The molecule has 0 aliphatic rings. The zero-order valence-electron chi connectivity index (χ0n) is 15.0. The van der Waals surface area contributed by atoms with Crippen molar-refractivity contribution in [3.8, 4) is 0 Å². The van der Waals surface area contributed by atoms with E-state index in [0.717, 1.165) is 0 Å². The molecule has 0 rings (SSSR count). The Hall–Kier alpha value is 3.99. The van der Waals surface area contributed by atoms with Crippen LogP contribution in [0.1, 0.15) is 0 Å². The first-order chi connectivity index (χ1) is 7.93. The van der Waals surface area contributed by atoms with Gasteiger partial charge in [-0.3, -0.25) is 0 Å². The molecule has 0 spiro atoms. The average Bonchev–Trinajstić information content (AvgIpc) is 2.01. The van der Waals surface area contributed by atoms with E-state index in [1.165, 1.54) is 0 Å². The Morgan fingerprint density at radius 3 is 0.368 bits per heavy atom. The van der Waals surface area contributed by atoms with Gasteiger partial charge in [0, 0.05) is 21.1 Å². The monoisotopic (exact) mass is 748 g/mol. The Bertz CT molecular complexity index is 70.7. The molecule has 0 heterocycles. The van der Waals surface area contributed by atoms with Crippen LogP contribution < -0.4 is 0 Å². The van der Waals surface area contributed by atoms with E-state index in [1.54, 1.807) is 0 Å². The summed E-state index contributed by atoms with van der Waals surface area (Å²) in [6, 6.07) is 0. The Morgan fingerprint density at radius 2 is 0.368 bits per heavy atom. The van der Waals surface area contributed by atoms with Gasteiger partial charge >= 0.3 is 36.9 Å². The minimum absolute atomic E-state index is 0. The van der Waals surface area contributed by atoms with E-state index in [2.05, 4.69) is 80.0 Å². The van der Waals surface area contributed by atoms with Crippen molar-refractivity contribution in [1.82, 2.24) is 0 Å². The second-order valence-corrected chi connectivity index (χ2v) is 16.1. The summed E-state index contributed by atoms with van der Waals surface area (Å²) in [5.74, 6) is 0. The third kappa shape index (κ3) is 552. The van der Waals surface area contributed by atoms with Crippen LogP contribution >= 0.6 is 31.7 Å². The van der Waals surface area contributed by atoms with Gasteiger partial charge in [0.1, 0.15) is 0 Å². The van der Waals surface area contributed by atoms with Gasteiger partial charge in [0.25, 0.3) is 0 Å². The van der Waals surface area contributed by atoms with Crippen LogP contribution in [0.2, 0.25) is 0 Å². The smallest absolute Gasteiger partial charge is 0 e. The molecule has 0 aromatic carbocycles. The molecule has 2 radical (unpaired) electrons. The molecule has 0 saturated carbocycles. The van der Waals surface area contributed by atoms with Gasteiger partial charge in [-0.2, -0.15) is 0 Å². The van der Waals surface area contributed by atoms with E-state index in [-0.39, 0.29) is 21.1 Å². The fraction of sp³-hybridized carbons (Fsp3) is 1.00. The molecule has 122 valence electrons. The molecule has 0 aromatic rings. The van der Waals surface area contributed by atoms with E-state index < -0.39 is 0 Å². The molecule has 7 heteroatoms. The van der Waals surface area contributed by atoms with Crippen LogP contribution in [0.5, 0.6) is 0 Å². The normalized spacial score (nSPS) is 7.89. The average molecular weight is 743 g/mol. The molecule has 0 unspecified atom stereocenters. The van der Waals surface area contributed by atoms with Gasteiger partial charge in [-0.15, -0.1) is 31.7 Å². The van der Waals surface area contributed by atoms with Gasteiger partial charge in [0.15, 0.2) is 0 Å². The summed E-state index contributed by atoms with van der Waals surface area (Å²) in [7, 11) is 1.52. The molecule has 0 aliphatic heterocycles. The van der Waals surface area contributed by atoms with E-state index in [4.69, 9.17) is 0 Å². The first kappa shape index (κ1) is 38.5. The van der Waals surface area contributed by atoms with Gasteiger partial charge in [-0.25, -0.2) is 0 Å². The molecule has 0 N–H and O–H groups in total. The molecule has 19 heavy (non-hydrogen) atoms. The van der Waals surface area contributed by atoms with Crippen LogP contribution in [0.15, 0.2) is 0 Å². The van der Waals surface area contributed by atoms with Crippen LogP contribution in [0.4, 0.5) is 0 Å². The van der Waals surface area contributed by atoms with Crippen molar-refractivity contribution in [2.75, 3.05) is 80.0 Å². The SMILES string of the molecule is CP(C)C.CP(C)C.CP(C)C.CP(C)C.[Te][Te].[W]. The maximum absolute atomic E-state index is 2.23. The molecule has 0 nitrogen and oxygen atoms in total. The second kappa shape index (κ2) is 37.9. The Balaban J connectivity index is -0.0000000279. The Morgan fingerprint density at radius 1 is 0.368 bits per heavy atom. The van der Waals surface area contributed by atoms with Crippen molar-refractivity contribution in [2.45, 2.75) is 0 Å². The first-order valence-electron chi connectivity index (χ1n) is 5.53. The standard InChI is InChI=1S/4C3H9P.Te2.W/c4*1-4(2)3;1-2;/h4*1-3H3;;. The number of hydrogen-bond acceptors (Lipinski definition) is 0. The van der Waals surface area contributed by atoms with Crippen molar-refractivity contribution >= 4 is 68.5 Å². The van der Waals surface area contributed by atoms with Gasteiger partial charge in [-0.05, 0) is 80.0 Å². The zero-order valence-corrected chi connectivity index (χ0v) is 26.2.